The maximum atomic E-state index is 12.1. The molecular weight excluding hydrogens is 395 g/mol. The third kappa shape index (κ3) is 5.74. The Kier molecular flexibility index (Phi) is 5.88. The number of rotatable bonds is 5. The topological polar surface area (TPSA) is 79.8 Å². The van der Waals surface area contributed by atoms with Crippen molar-refractivity contribution in [2.45, 2.75) is 18.0 Å². The number of amides is 2. The van der Waals surface area contributed by atoms with E-state index in [1.807, 2.05) is 18.2 Å². The smallest absolute Gasteiger partial charge is 0.406 e. The first kappa shape index (κ1) is 19.7. The highest BCUT2D eigenvalue weighted by atomic mass is 32.2. The number of ether oxygens (including phenoxy) is 1. The Morgan fingerprint density at radius 1 is 1.14 bits per heavy atom. The summed E-state index contributed by atoms with van der Waals surface area (Å²) in [5.74, 6) is -1.17. The number of nitrogens with one attached hydrogen (secondary N) is 2. The molecule has 2 aromatic rings. The third-order valence-corrected chi connectivity index (χ3v) is 4.59. The highest BCUT2D eigenvalue weighted by Crippen LogP contribution is 2.26. The van der Waals surface area contributed by atoms with E-state index in [1.165, 1.54) is 12.1 Å². The van der Waals surface area contributed by atoms with Crippen LogP contribution in [-0.4, -0.2) is 28.6 Å². The molecule has 1 heterocycles. The van der Waals surface area contributed by atoms with Crippen LogP contribution in [0.3, 0.4) is 0 Å². The Morgan fingerprint density at radius 2 is 1.82 bits per heavy atom. The molecule has 0 saturated carbocycles. The van der Waals surface area contributed by atoms with Crippen molar-refractivity contribution in [2.75, 3.05) is 5.32 Å². The maximum Gasteiger partial charge on any atom is 0.573 e. The lowest BCUT2D eigenvalue weighted by Gasteiger charge is -2.10. The lowest BCUT2D eigenvalue weighted by molar-refractivity contribution is -0.274. The summed E-state index contributed by atoms with van der Waals surface area (Å²) >= 11 is 1.14. The standard InChI is InChI=1S/C18H14F3N3O3S/c19-18(20,21)27-13-8-6-12(7-9-13)22-15(25)10-14-16(26)24-17(28-14)23-11-4-2-1-3-5-11/h1-9,14H,10H2,(H,22,25)(H,23,24,26)/t14-/m0/s1. The molecule has 2 aromatic carbocycles. The summed E-state index contributed by atoms with van der Waals surface area (Å²) in [6.07, 6.45) is -4.89. The number of carbonyl (C=O) groups is 2. The summed E-state index contributed by atoms with van der Waals surface area (Å²) in [6.45, 7) is 0. The molecule has 10 heteroatoms. The van der Waals surface area contributed by atoms with Crippen molar-refractivity contribution in [1.82, 2.24) is 5.32 Å². The number of nitrogens with zero attached hydrogens (tertiary/aromatic N) is 1. The first-order valence-electron chi connectivity index (χ1n) is 8.05. The summed E-state index contributed by atoms with van der Waals surface area (Å²) in [5.41, 5.74) is 0.970. The van der Waals surface area contributed by atoms with Gasteiger partial charge in [0.05, 0.1) is 5.69 Å². The van der Waals surface area contributed by atoms with Crippen LogP contribution in [0.25, 0.3) is 0 Å². The number of benzene rings is 2. The van der Waals surface area contributed by atoms with Crippen molar-refractivity contribution in [2.24, 2.45) is 4.99 Å². The number of alkyl halides is 3. The molecule has 0 radical (unpaired) electrons. The zero-order valence-corrected chi connectivity index (χ0v) is 15.0. The van der Waals surface area contributed by atoms with Crippen LogP contribution in [0.2, 0.25) is 0 Å². The van der Waals surface area contributed by atoms with Gasteiger partial charge >= 0.3 is 6.36 Å². The second-order valence-electron chi connectivity index (χ2n) is 5.67. The Balaban J connectivity index is 1.55. The van der Waals surface area contributed by atoms with Crippen LogP contribution in [0.1, 0.15) is 6.42 Å². The summed E-state index contributed by atoms with van der Waals surface area (Å²) in [6, 6.07) is 13.8. The monoisotopic (exact) mass is 409 g/mol. The van der Waals surface area contributed by atoms with E-state index in [0.29, 0.717) is 16.5 Å². The molecule has 0 aliphatic carbocycles. The van der Waals surface area contributed by atoms with Gasteiger partial charge in [-0.25, -0.2) is 4.99 Å². The number of amidine groups is 1. The van der Waals surface area contributed by atoms with Crippen molar-refractivity contribution in [3.63, 3.8) is 0 Å². The van der Waals surface area contributed by atoms with Gasteiger partial charge < -0.3 is 15.4 Å². The minimum Gasteiger partial charge on any atom is -0.406 e. The number of carbonyl (C=O) groups excluding carboxylic acids is 2. The second-order valence-corrected chi connectivity index (χ2v) is 6.86. The molecule has 1 fully saturated rings. The van der Waals surface area contributed by atoms with Gasteiger partial charge in [-0.2, -0.15) is 0 Å². The van der Waals surface area contributed by atoms with Crippen LogP contribution in [0.4, 0.5) is 24.5 Å². The molecule has 1 atom stereocenters. The number of hydrogen-bond acceptors (Lipinski definition) is 5. The van der Waals surface area contributed by atoms with E-state index >= 15 is 0 Å². The lowest BCUT2D eigenvalue weighted by Crippen LogP contribution is -2.28. The molecular formula is C18H14F3N3O3S. The third-order valence-electron chi connectivity index (χ3n) is 3.51. The molecule has 2 amide bonds. The van der Waals surface area contributed by atoms with E-state index in [2.05, 4.69) is 20.4 Å². The van der Waals surface area contributed by atoms with Crippen molar-refractivity contribution in [3.8, 4) is 5.75 Å². The van der Waals surface area contributed by atoms with Gasteiger partial charge in [-0.15, -0.1) is 13.2 Å². The molecule has 0 bridgehead atoms. The number of halogens is 3. The zero-order valence-electron chi connectivity index (χ0n) is 14.2. The molecule has 0 unspecified atom stereocenters. The van der Waals surface area contributed by atoms with Crippen LogP contribution < -0.4 is 15.4 Å². The first-order chi connectivity index (χ1) is 13.3. The van der Waals surface area contributed by atoms with Gasteiger partial charge in [-0.05, 0) is 36.4 Å². The van der Waals surface area contributed by atoms with Crippen LogP contribution in [0.15, 0.2) is 59.6 Å². The van der Waals surface area contributed by atoms with E-state index < -0.39 is 23.3 Å². The minimum atomic E-state index is -4.78. The minimum absolute atomic E-state index is 0.106. The summed E-state index contributed by atoms with van der Waals surface area (Å²) < 4.78 is 40.2. The van der Waals surface area contributed by atoms with E-state index in [9.17, 15) is 22.8 Å². The molecule has 1 saturated heterocycles. The molecule has 0 spiro atoms. The fourth-order valence-corrected chi connectivity index (χ4v) is 3.32. The molecule has 1 aliphatic rings. The predicted molar refractivity (Wildman–Crippen MR) is 99.4 cm³/mol. The largest absolute Gasteiger partial charge is 0.573 e. The number of aliphatic imine (C=N–C) groups is 1. The van der Waals surface area contributed by atoms with Crippen LogP contribution >= 0.6 is 11.8 Å². The Bertz CT molecular complexity index is 886. The van der Waals surface area contributed by atoms with E-state index in [0.717, 1.165) is 23.9 Å². The van der Waals surface area contributed by atoms with Gasteiger partial charge in [0.15, 0.2) is 5.17 Å². The van der Waals surface area contributed by atoms with Crippen molar-refractivity contribution in [3.05, 3.63) is 54.6 Å². The molecule has 146 valence electrons. The summed E-state index contributed by atoms with van der Waals surface area (Å²) in [5, 5.41) is 4.92. The average molecular weight is 409 g/mol. The van der Waals surface area contributed by atoms with Gasteiger partial charge in [0, 0.05) is 12.1 Å². The molecule has 3 rings (SSSR count). The van der Waals surface area contributed by atoms with E-state index in [-0.39, 0.29) is 12.3 Å². The summed E-state index contributed by atoms with van der Waals surface area (Å²) in [7, 11) is 0. The van der Waals surface area contributed by atoms with Crippen molar-refractivity contribution >= 4 is 40.1 Å². The van der Waals surface area contributed by atoms with E-state index in [1.54, 1.807) is 12.1 Å². The molecule has 2 N–H and O–H groups in total. The van der Waals surface area contributed by atoms with Crippen molar-refractivity contribution in [1.29, 1.82) is 0 Å². The second kappa shape index (κ2) is 8.34. The lowest BCUT2D eigenvalue weighted by atomic mass is 10.2. The number of para-hydroxylation sites is 1. The summed E-state index contributed by atoms with van der Waals surface area (Å²) in [4.78, 5) is 28.5. The van der Waals surface area contributed by atoms with Crippen LogP contribution in [0, 0.1) is 0 Å². The average Bonchev–Trinajstić information content (AvgIpc) is 2.95. The fraction of sp³-hybridized carbons (Fsp3) is 0.167. The van der Waals surface area contributed by atoms with Gasteiger partial charge in [0.25, 0.3) is 0 Å². The number of thioether (sulfide) groups is 1. The van der Waals surface area contributed by atoms with Crippen LogP contribution in [-0.2, 0) is 9.59 Å². The zero-order chi connectivity index (χ0) is 20.1. The first-order valence-corrected chi connectivity index (χ1v) is 8.93. The highest BCUT2D eigenvalue weighted by molar-refractivity contribution is 8.15. The molecule has 28 heavy (non-hydrogen) atoms. The molecule has 0 aromatic heterocycles. The normalized spacial score (nSPS) is 18.0. The predicted octanol–water partition coefficient (Wildman–Crippen LogP) is 3.83. The van der Waals surface area contributed by atoms with Gasteiger partial charge in [0.2, 0.25) is 11.8 Å². The SMILES string of the molecule is O=C(C[C@@H]1SC(=Nc2ccccc2)NC1=O)Nc1ccc(OC(F)(F)F)cc1. The number of anilines is 1. The Labute approximate surface area is 162 Å². The highest BCUT2D eigenvalue weighted by Gasteiger charge is 2.32. The van der Waals surface area contributed by atoms with Crippen molar-refractivity contribution < 1.29 is 27.5 Å². The maximum absolute atomic E-state index is 12.1. The number of hydrogen-bond donors (Lipinski definition) is 2. The quantitative estimate of drug-likeness (QED) is 0.787. The van der Waals surface area contributed by atoms with Gasteiger partial charge in [-0.1, -0.05) is 30.0 Å². The molecule has 6 nitrogen and oxygen atoms in total. The Morgan fingerprint density at radius 3 is 2.46 bits per heavy atom. The van der Waals surface area contributed by atoms with Crippen LogP contribution in [0.5, 0.6) is 5.75 Å². The Hall–Kier alpha value is -3.01. The fourth-order valence-electron chi connectivity index (χ4n) is 2.33. The van der Waals surface area contributed by atoms with Gasteiger partial charge in [0.1, 0.15) is 11.0 Å². The van der Waals surface area contributed by atoms with E-state index in [4.69, 9.17) is 0 Å². The van der Waals surface area contributed by atoms with Gasteiger partial charge in [-0.3, -0.25) is 9.59 Å². The molecule has 1 aliphatic heterocycles.